The highest BCUT2D eigenvalue weighted by Crippen LogP contribution is 2.20. The molecule has 0 aromatic heterocycles. The second-order valence-electron chi connectivity index (χ2n) is 4.97. The van der Waals surface area contributed by atoms with Crippen LogP contribution in [0.5, 0.6) is 0 Å². The van der Waals surface area contributed by atoms with E-state index in [9.17, 15) is 8.42 Å². The zero-order chi connectivity index (χ0) is 15.6. The standard InChI is InChI=1S/C16H15N3O2S/c1-12-6-2-3-7-13(12)10-17-19-15-11-18-22(20,21)16-9-5-4-8-14(15)16/h2-10,18H,11H2,1H3/b17-10+,19-15+. The van der Waals surface area contributed by atoms with Crippen molar-refractivity contribution >= 4 is 21.9 Å². The van der Waals surface area contributed by atoms with Crippen LogP contribution in [0.2, 0.25) is 0 Å². The van der Waals surface area contributed by atoms with Gasteiger partial charge in [-0.1, -0.05) is 42.5 Å². The fraction of sp³-hybridized carbons (Fsp3) is 0.125. The lowest BCUT2D eigenvalue weighted by atomic mass is 10.1. The Morgan fingerprint density at radius 1 is 1.09 bits per heavy atom. The fourth-order valence-corrected chi connectivity index (χ4v) is 3.47. The summed E-state index contributed by atoms with van der Waals surface area (Å²) in [5, 5.41) is 8.29. The summed E-state index contributed by atoms with van der Waals surface area (Å²) in [7, 11) is -3.44. The Hall–Kier alpha value is -2.31. The van der Waals surface area contributed by atoms with Crippen LogP contribution in [0.1, 0.15) is 16.7 Å². The van der Waals surface area contributed by atoms with E-state index in [1.54, 1.807) is 30.5 Å². The minimum Gasteiger partial charge on any atom is -0.207 e. The van der Waals surface area contributed by atoms with Crippen LogP contribution in [-0.4, -0.2) is 26.9 Å². The third-order valence-electron chi connectivity index (χ3n) is 3.48. The molecule has 1 N–H and O–H groups in total. The number of sulfonamides is 1. The average Bonchev–Trinajstić information content (AvgIpc) is 2.52. The first-order chi connectivity index (χ1) is 10.6. The van der Waals surface area contributed by atoms with E-state index in [2.05, 4.69) is 14.9 Å². The van der Waals surface area contributed by atoms with Crippen LogP contribution in [0.15, 0.2) is 63.6 Å². The summed E-state index contributed by atoms with van der Waals surface area (Å²) >= 11 is 0. The molecule has 3 rings (SSSR count). The Morgan fingerprint density at radius 2 is 1.82 bits per heavy atom. The molecule has 1 aliphatic rings. The Kier molecular flexibility index (Phi) is 3.87. The fourth-order valence-electron chi connectivity index (χ4n) is 2.26. The van der Waals surface area contributed by atoms with Gasteiger partial charge in [0, 0.05) is 5.56 Å². The van der Waals surface area contributed by atoms with E-state index in [1.807, 2.05) is 31.2 Å². The number of benzene rings is 2. The summed E-state index contributed by atoms with van der Waals surface area (Å²) in [5.41, 5.74) is 3.30. The third-order valence-corrected chi connectivity index (χ3v) is 4.94. The van der Waals surface area contributed by atoms with Crippen LogP contribution >= 0.6 is 0 Å². The lowest BCUT2D eigenvalue weighted by molar-refractivity contribution is 0.584. The van der Waals surface area contributed by atoms with E-state index in [0.717, 1.165) is 11.1 Å². The molecule has 0 bridgehead atoms. The summed E-state index contributed by atoms with van der Waals surface area (Å²) in [5.74, 6) is 0. The molecule has 0 atom stereocenters. The molecule has 2 aromatic rings. The van der Waals surface area contributed by atoms with Crippen LogP contribution in [0.25, 0.3) is 0 Å². The summed E-state index contributed by atoms with van der Waals surface area (Å²) in [6.07, 6.45) is 1.67. The van der Waals surface area contributed by atoms with Crippen molar-refractivity contribution in [1.29, 1.82) is 0 Å². The van der Waals surface area contributed by atoms with Gasteiger partial charge in [0.15, 0.2) is 0 Å². The highest BCUT2D eigenvalue weighted by molar-refractivity contribution is 7.89. The molecule has 22 heavy (non-hydrogen) atoms. The highest BCUT2D eigenvalue weighted by atomic mass is 32.2. The summed E-state index contributed by atoms with van der Waals surface area (Å²) < 4.78 is 26.4. The maximum atomic E-state index is 12.0. The molecule has 0 amide bonds. The molecule has 1 heterocycles. The molecule has 5 nitrogen and oxygen atoms in total. The Bertz CT molecular complexity index is 870. The predicted molar refractivity (Wildman–Crippen MR) is 86.9 cm³/mol. The van der Waals surface area contributed by atoms with Crippen LogP contribution in [-0.2, 0) is 10.0 Å². The van der Waals surface area contributed by atoms with Crippen molar-refractivity contribution in [3.05, 3.63) is 65.2 Å². The molecule has 1 aliphatic heterocycles. The van der Waals surface area contributed by atoms with Crippen molar-refractivity contribution in [2.45, 2.75) is 11.8 Å². The van der Waals surface area contributed by atoms with Gasteiger partial charge in [0.2, 0.25) is 10.0 Å². The van der Waals surface area contributed by atoms with Gasteiger partial charge in [-0.2, -0.15) is 10.2 Å². The Morgan fingerprint density at radius 3 is 2.64 bits per heavy atom. The molecule has 0 radical (unpaired) electrons. The summed E-state index contributed by atoms with van der Waals surface area (Å²) in [4.78, 5) is 0.242. The average molecular weight is 313 g/mol. The lowest BCUT2D eigenvalue weighted by Crippen LogP contribution is -2.36. The second-order valence-corrected chi connectivity index (χ2v) is 6.70. The SMILES string of the molecule is Cc1ccccc1/C=N/N=C1\CNS(=O)(=O)c2ccccc21. The lowest BCUT2D eigenvalue weighted by Gasteiger charge is -2.17. The number of aryl methyl sites for hydroxylation is 1. The zero-order valence-electron chi connectivity index (χ0n) is 12.0. The molecular weight excluding hydrogens is 298 g/mol. The van der Waals surface area contributed by atoms with Crippen LogP contribution < -0.4 is 4.72 Å². The minimum atomic E-state index is -3.44. The van der Waals surface area contributed by atoms with Gasteiger partial charge in [0.25, 0.3) is 0 Å². The first kappa shape index (κ1) is 14.6. The Balaban J connectivity index is 1.95. The quantitative estimate of drug-likeness (QED) is 0.681. The van der Waals surface area contributed by atoms with Crippen molar-refractivity contribution in [1.82, 2.24) is 4.72 Å². The van der Waals surface area contributed by atoms with Gasteiger partial charge in [-0.25, -0.2) is 13.1 Å². The van der Waals surface area contributed by atoms with Crippen molar-refractivity contribution in [2.75, 3.05) is 6.54 Å². The monoisotopic (exact) mass is 313 g/mol. The predicted octanol–water partition coefficient (Wildman–Crippen LogP) is 2.11. The van der Waals surface area contributed by atoms with Gasteiger partial charge in [-0.05, 0) is 24.1 Å². The van der Waals surface area contributed by atoms with E-state index in [0.29, 0.717) is 11.3 Å². The summed E-state index contributed by atoms with van der Waals surface area (Å²) in [6.45, 7) is 2.14. The van der Waals surface area contributed by atoms with E-state index in [-0.39, 0.29) is 11.4 Å². The number of hydrogen-bond acceptors (Lipinski definition) is 4. The Labute approximate surface area is 129 Å². The van der Waals surface area contributed by atoms with E-state index in [1.165, 1.54) is 0 Å². The number of nitrogens with zero attached hydrogens (tertiary/aromatic N) is 2. The molecule has 0 fully saturated rings. The first-order valence-corrected chi connectivity index (χ1v) is 8.31. The molecule has 0 saturated carbocycles. The van der Waals surface area contributed by atoms with Gasteiger partial charge in [-0.3, -0.25) is 0 Å². The van der Waals surface area contributed by atoms with E-state index >= 15 is 0 Å². The summed E-state index contributed by atoms with van der Waals surface area (Å²) in [6, 6.07) is 14.6. The molecule has 0 unspecified atom stereocenters. The van der Waals surface area contributed by atoms with Crippen LogP contribution in [0.4, 0.5) is 0 Å². The topological polar surface area (TPSA) is 70.9 Å². The van der Waals surface area contributed by atoms with Gasteiger partial charge < -0.3 is 0 Å². The maximum absolute atomic E-state index is 12.0. The van der Waals surface area contributed by atoms with E-state index < -0.39 is 10.0 Å². The zero-order valence-corrected chi connectivity index (χ0v) is 12.8. The maximum Gasteiger partial charge on any atom is 0.241 e. The normalized spacial score (nSPS) is 18.5. The van der Waals surface area contributed by atoms with Gasteiger partial charge >= 0.3 is 0 Å². The molecule has 0 saturated heterocycles. The van der Waals surface area contributed by atoms with Gasteiger partial charge in [0.05, 0.1) is 23.4 Å². The molecular formula is C16H15N3O2S. The molecule has 112 valence electrons. The van der Waals surface area contributed by atoms with Crippen LogP contribution in [0.3, 0.4) is 0 Å². The number of hydrogen-bond donors (Lipinski definition) is 1. The molecule has 0 aliphatic carbocycles. The minimum absolute atomic E-state index is 0.143. The molecule has 6 heteroatoms. The first-order valence-electron chi connectivity index (χ1n) is 6.82. The number of nitrogens with one attached hydrogen (secondary N) is 1. The third kappa shape index (κ3) is 2.84. The number of fused-ring (bicyclic) bond motifs is 1. The van der Waals surface area contributed by atoms with Crippen molar-refractivity contribution in [3.8, 4) is 0 Å². The van der Waals surface area contributed by atoms with Gasteiger partial charge in [-0.15, -0.1) is 0 Å². The number of rotatable bonds is 2. The van der Waals surface area contributed by atoms with Crippen molar-refractivity contribution < 1.29 is 8.42 Å². The molecule has 0 spiro atoms. The van der Waals surface area contributed by atoms with Crippen LogP contribution in [0, 0.1) is 6.92 Å². The van der Waals surface area contributed by atoms with Gasteiger partial charge in [0.1, 0.15) is 0 Å². The van der Waals surface area contributed by atoms with E-state index in [4.69, 9.17) is 0 Å². The molecule has 2 aromatic carbocycles. The smallest absolute Gasteiger partial charge is 0.207 e. The largest absolute Gasteiger partial charge is 0.241 e. The van der Waals surface area contributed by atoms with Crippen molar-refractivity contribution in [2.24, 2.45) is 10.2 Å². The second kappa shape index (κ2) is 5.82. The highest BCUT2D eigenvalue weighted by Gasteiger charge is 2.26. The van der Waals surface area contributed by atoms with Crippen molar-refractivity contribution in [3.63, 3.8) is 0 Å².